The number of rotatable bonds is 4. The number of nitrogens with two attached hydrogens (primary N) is 1. The van der Waals surface area contributed by atoms with Gasteiger partial charge in [0.25, 0.3) is 5.91 Å². The van der Waals surface area contributed by atoms with E-state index in [1.54, 1.807) is 12.1 Å². The molecule has 0 bridgehead atoms. The molecule has 1 aromatic carbocycles. The van der Waals surface area contributed by atoms with E-state index in [0.717, 1.165) is 46.7 Å². The molecule has 1 atom stereocenters. The number of anilines is 1. The minimum Gasteiger partial charge on any atom is -0.377 e. The highest BCUT2D eigenvalue weighted by molar-refractivity contribution is 7.17. The number of hydrogen-bond acceptors (Lipinski definition) is 6. The van der Waals surface area contributed by atoms with E-state index in [9.17, 15) is 9.59 Å². The van der Waals surface area contributed by atoms with Crippen LogP contribution in [0.1, 0.15) is 45.1 Å². The van der Waals surface area contributed by atoms with Crippen molar-refractivity contribution in [2.24, 2.45) is 5.73 Å². The predicted molar refractivity (Wildman–Crippen MR) is 120 cm³/mol. The van der Waals surface area contributed by atoms with Gasteiger partial charge in [0, 0.05) is 41.2 Å². The van der Waals surface area contributed by atoms with Crippen LogP contribution in [0.25, 0.3) is 10.9 Å². The number of nitrogens with zero attached hydrogens (tertiary/aromatic N) is 2. The quantitative estimate of drug-likeness (QED) is 0.577. The van der Waals surface area contributed by atoms with Gasteiger partial charge >= 0.3 is 0 Å². The Balaban J connectivity index is 1.43. The Morgan fingerprint density at radius 2 is 2.26 bits per heavy atom. The number of morpholine rings is 1. The summed E-state index contributed by atoms with van der Waals surface area (Å²) in [6.07, 6.45) is 3.47. The highest BCUT2D eigenvalue weighted by atomic mass is 32.1. The van der Waals surface area contributed by atoms with Crippen molar-refractivity contribution in [2.45, 2.75) is 38.3 Å². The molecule has 1 saturated heterocycles. The third-order valence-electron chi connectivity index (χ3n) is 5.93. The lowest BCUT2D eigenvalue weighted by molar-refractivity contribution is 0.0899. The molecule has 0 spiro atoms. The number of carbonyl (C=O) groups is 2. The first kappa shape index (κ1) is 20.0. The molecule has 2 aliphatic rings. The first-order chi connectivity index (χ1) is 14.8. The van der Waals surface area contributed by atoms with Crippen LogP contribution in [0.3, 0.4) is 0 Å². The van der Waals surface area contributed by atoms with Crippen LogP contribution < -0.4 is 16.0 Å². The summed E-state index contributed by atoms with van der Waals surface area (Å²) in [5.41, 5.74) is 8.51. The highest BCUT2D eigenvalue weighted by Crippen LogP contribution is 2.34. The van der Waals surface area contributed by atoms with Gasteiger partial charge < -0.3 is 25.7 Å². The molecule has 4 heterocycles. The van der Waals surface area contributed by atoms with Gasteiger partial charge in [0.15, 0.2) is 5.13 Å². The van der Waals surface area contributed by atoms with Gasteiger partial charge in [0.1, 0.15) is 4.88 Å². The molecule has 0 aliphatic carbocycles. The van der Waals surface area contributed by atoms with Gasteiger partial charge in [0.2, 0.25) is 5.91 Å². The van der Waals surface area contributed by atoms with Crippen molar-refractivity contribution >= 4 is 39.2 Å². The van der Waals surface area contributed by atoms with E-state index in [1.165, 1.54) is 11.3 Å². The molecule has 2 amide bonds. The molecular formula is C22H25N5O3S. The normalized spacial score (nSPS) is 20.5. The maximum atomic E-state index is 12.5. The summed E-state index contributed by atoms with van der Waals surface area (Å²) < 4.78 is 5.79. The number of hydrogen-bond donors (Lipinski definition) is 3. The van der Waals surface area contributed by atoms with Crippen LogP contribution in [0.15, 0.2) is 24.4 Å². The molecule has 2 aromatic heterocycles. The second-order valence-corrected chi connectivity index (χ2v) is 9.83. The van der Waals surface area contributed by atoms with E-state index < -0.39 is 5.91 Å². The van der Waals surface area contributed by atoms with Crippen LogP contribution in [-0.2, 0) is 17.6 Å². The van der Waals surface area contributed by atoms with Gasteiger partial charge in [-0.1, -0.05) is 17.4 Å². The average Bonchev–Trinajstić information content (AvgIpc) is 3.31. The van der Waals surface area contributed by atoms with Crippen molar-refractivity contribution < 1.29 is 14.3 Å². The van der Waals surface area contributed by atoms with Gasteiger partial charge in [-0.2, -0.15) is 0 Å². The van der Waals surface area contributed by atoms with Crippen LogP contribution in [0.2, 0.25) is 0 Å². The van der Waals surface area contributed by atoms with Crippen molar-refractivity contribution in [3.8, 4) is 0 Å². The zero-order chi connectivity index (χ0) is 21.8. The maximum absolute atomic E-state index is 12.5. The van der Waals surface area contributed by atoms with Gasteiger partial charge in [-0.05, 0) is 38.0 Å². The number of carbonyl (C=O) groups excluding carboxylic acids is 2. The van der Waals surface area contributed by atoms with E-state index >= 15 is 0 Å². The third kappa shape index (κ3) is 3.68. The molecule has 8 nitrogen and oxygen atoms in total. The number of thiazole rings is 1. The largest absolute Gasteiger partial charge is 0.377 e. The number of aromatic nitrogens is 2. The number of nitrogens with one attached hydrogen (secondary N) is 2. The highest BCUT2D eigenvalue weighted by Gasteiger charge is 2.35. The zero-order valence-corrected chi connectivity index (χ0v) is 18.3. The van der Waals surface area contributed by atoms with Crippen molar-refractivity contribution in [1.29, 1.82) is 0 Å². The summed E-state index contributed by atoms with van der Waals surface area (Å²) in [6, 6.07) is 5.58. The fraction of sp³-hybridized carbons (Fsp3) is 0.409. The van der Waals surface area contributed by atoms with Crippen molar-refractivity contribution in [3.63, 3.8) is 0 Å². The van der Waals surface area contributed by atoms with Crippen molar-refractivity contribution in [2.75, 3.05) is 24.7 Å². The molecule has 162 valence electrons. The summed E-state index contributed by atoms with van der Waals surface area (Å²) in [5.74, 6) is -0.480. The smallest absolute Gasteiger partial charge is 0.263 e. The van der Waals surface area contributed by atoms with Crippen LogP contribution in [0.4, 0.5) is 5.13 Å². The molecule has 2 aliphatic heterocycles. The Bertz CT molecular complexity index is 1180. The minimum absolute atomic E-state index is 0.0401. The summed E-state index contributed by atoms with van der Waals surface area (Å²) in [5, 5.41) is 5.00. The van der Waals surface area contributed by atoms with E-state index in [1.807, 2.05) is 26.1 Å². The predicted octanol–water partition coefficient (Wildman–Crippen LogP) is 2.24. The van der Waals surface area contributed by atoms with Crippen LogP contribution >= 0.6 is 11.3 Å². The molecule has 0 unspecified atom stereocenters. The molecule has 0 radical (unpaired) electrons. The van der Waals surface area contributed by atoms with Gasteiger partial charge in [0.05, 0.1) is 24.9 Å². The molecule has 0 saturated carbocycles. The molecule has 9 heteroatoms. The molecule has 5 rings (SSSR count). The van der Waals surface area contributed by atoms with Crippen molar-refractivity contribution in [3.05, 3.63) is 46.1 Å². The van der Waals surface area contributed by atoms with Gasteiger partial charge in [-0.3, -0.25) is 9.59 Å². The molecule has 31 heavy (non-hydrogen) atoms. The standard InChI is InChI=1S/C22H25N5O3S/c1-22(2)9-17-18(20(29)26-22)31-21(25-17)27-5-6-30-11-14(27)7-13-10-24-16-8-12(19(23)28)3-4-15(13)16/h3-4,8,10,14,24H,5-7,9,11H2,1-2H3,(H2,23,28)(H,26,29)/t14-/m0/s1. The number of fused-ring (bicyclic) bond motifs is 2. The Labute approximate surface area is 183 Å². The zero-order valence-electron chi connectivity index (χ0n) is 17.5. The monoisotopic (exact) mass is 439 g/mol. The minimum atomic E-state index is -0.440. The van der Waals surface area contributed by atoms with E-state index in [0.29, 0.717) is 23.7 Å². The summed E-state index contributed by atoms with van der Waals surface area (Å²) in [6.45, 7) is 5.99. The number of ether oxygens (including phenoxy) is 1. The Morgan fingerprint density at radius 3 is 3.06 bits per heavy atom. The first-order valence-electron chi connectivity index (χ1n) is 10.4. The SMILES string of the molecule is CC1(C)Cc2nc(N3CCOC[C@@H]3Cc3c[nH]c4cc(C(N)=O)ccc34)sc2C(=O)N1. The molecule has 4 N–H and O–H groups in total. The fourth-order valence-corrected chi connectivity index (χ4v) is 5.50. The van der Waals surface area contributed by atoms with E-state index in [-0.39, 0.29) is 17.5 Å². The number of primary amides is 1. The van der Waals surface area contributed by atoms with Crippen LogP contribution in [-0.4, -0.2) is 53.1 Å². The summed E-state index contributed by atoms with van der Waals surface area (Å²) in [4.78, 5) is 35.1. The number of H-pyrrole nitrogens is 1. The fourth-order valence-electron chi connectivity index (χ4n) is 4.42. The molecule has 3 aromatic rings. The Morgan fingerprint density at radius 1 is 1.42 bits per heavy atom. The number of aromatic amines is 1. The third-order valence-corrected chi connectivity index (χ3v) is 7.07. The van der Waals surface area contributed by atoms with Crippen LogP contribution in [0, 0.1) is 0 Å². The lowest BCUT2D eigenvalue weighted by Crippen LogP contribution is -2.48. The lowest BCUT2D eigenvalue weighted by Gasteiger charge is -2.35. The number of benzene rings is 1. The second-order valence-electron chi connectivity index (χ2n) is 8.85. The van der Waals surface area contributed by atoms with Gasteiger partial charge in [-0.25, -0.2) is 4.98 Å². The lowest BCUT2D eigenvalue weighted by atomic mass is 9.94. The Hall–Kier alpha value is -2.91. The van der Waals surface area contributed by atoms with Crippen molar-refractivity contribution in [1.82, 2.24) is 15.3 Å². The summed E-state index contributed by atoms with van der Waals surface area (Å²) in [7, 11) is 0. The van der Waals surface area contributed by atoms with E-state index in [4.69, 9.17) is 15.5 Å². The molecule has 1 fully saturated rings. The maximum Gasteiger partial charge on any atom is 0.263 e. The summed E-state index contributed by atoms with van der Waals surface area (Å²) >= 11 is 1.46. The topological polar surface area (TPSA) is 113 Å². The molecular weight excluding hydrogens is 414 g/mol. The first-order valence-corrected chi connectivity index (χ1v) is 11.2. The van der Waals surface area contributed by atoms with E-state index in [2.05, 4.69) is 15.2 Å². The number of amides is 2. The Kier molecular flexibility index (Phi) is 4.75. The average molecular weight is 440 g/mol. The van der Waals surface area contributed by atoms with Crippen LogP contribution in [0.5, 0.6) is 0 Å². The second kappa shape index (κ2) is 7.35. The van der Waals surface area contributed by atoms with Gasteiger partial charge in [-0.15, -0.1) is 0 Å².